The Balaban J connectivity index is 2.64. The van der Waals surface area contributed by atoms with Gasteiger partial charge in [-0.05, 0) is 30.0 Å². The summed E-state index contributed by atoms with van der Waals surface area (Å²) >= 11 is 0. The maximum atomic E-state index is 4.45. The Labute approximate surface area is 88.4 Å². The second-order valence-corrected chi connectivity index (χ2v) is 3.81. The SMILES string of the molecule is Cc1cc2cccnc2c2ccccc12. The molecule has 1 heteroatoms. The topological polar surface area (TPSA) is 12.9 Å². The quantitative estimate of drug-likeness (QED) is 0.496. The van der Waals surface area contributed by atoms with E-state index in [0.717, 1.165) is 5.52 Å². The molecular formula is C14H11N. The molecule has 0 radical (unpaired) electrons. The van der Waals surface area contributed by atoms with Gasteiger partial charge < -0.3 is 0 Å². The molecule has 0 saturated heterocycles. The number of hydrogen-bond donors (Lipinski definition) is 0. The predicted molar refractivity (Wildman–Crippen MR) is 64.0 cm³/mol. The van der Waals surface area contributed by atoms with Crippen molar-refractivity contribution in [2.24, 2.45) is 0 Å². The lowest BCUT2D eigenvalue weighted by molar-refractivity contribution is 1.42. The van der Waals surface area contributed by atoms with Gasteiger partial charge in [-0.1, -0.05) is 30.3 Å². The summed E-state index contributed by atoms with van der Waals surface area (Å²) < 4.78 is 0. The first-order valence-corrected chi connectivity index (χ1v) is 5.09. The predicted octanol–water partition coefficient (Wildman–Crippen LogP) is 3.70. The molecule has 1 nitrogen and oxygen atoms in total. The van der Waals surface area contributed by atoms with Gasteiger partial charge in [-0.25, -0.2) is 0 Å². The summed E-state index contributed by atoms with van der Waals surface area (Å²) in [6, 6.07) is 14.7. The lowest BCUT2D eigenvalue weighted by atomic mass is 10.0. The lowest BCUT2D eigenvalue weighted by Crippen LogP contribution is -1.84. The molecule has 0 atom stereocenters. The van der Waals surface area contributed by atoms with Crippen molar-refractivity contribution in [2.75, 3.05) is 0 Å². The van der Waals surface area contributed by atoms with Crippen LogP contribution in [0, 0.1) is 6.92 Å². The standard InChI is InChI=1S/C14H11N/c1-10-9-11-5-4-8-15-14(11)13-7-3-2-6-12(10)13/h2-9H,1H3. The molecule has 0 saturated carbocycles. The van der Waals surface area contributed by atoms with Gasteiger partial charge in [0.05, 0.1) is 5.52 Å². The highest BCUT2D eigenvalue weighted by Gasteiger charge is 2.02. The molecule has 0 unspecified atom stereocenters. The maximum absolute atomic E-state index is 4.45. The molecule has 72 valence electrons. The zero-order valence-corrected chi connectivity index (χ0v) is 8.57. The lowest BCUT2D eigenvalue weighted by Gasteiger charge is -2.05. The minimum Gasteiger partial charge on any atom is -0.256 e. The van der Waals surface area contributed by atoms with Crippen molar-refractivity contribution in [1.82, 2.24) is 4.98 Å². The van der Waals surface area contributed by atoms with Crippen LogP contribution < -0.4 is 0 Å². The van der Waals surface area contributed by atoms with E-state index in [9.17, 15) is 0 Å². The van der Waals surface area contributed by atoms with Crippen LogP contribution in [0.3, 0.4) is 0 Å². The number of pyridine rings is 1. The van der Waals surface area contributed by atoms with Crippen LogP contribution in [0.25, 0.3) is 21.7 Å². The maximum Gasteiger partial charge on any atom is 0.0780 e. The number of fused-ring (bicyclic) bond motifs is 3. The van der Waals surface area contributed by atoms with E-state index in [-0.39, 0.29) is 0 Å². The van der Waals surface area contributed by atoms with Crippen molar-refractivity contribution < 1.29 is 0 Å². The minimum absolute atomic E-state index is 1.10. The molecule has 3 rings (SSSR count). The van der Waals surface area contributed by atoms with Gasteiger partial charge in [-0.2, -0.15) is 0 Å². The Morgan fingerprint density at radius 1 is 0.933 bits per heavy atom. The smallest absolute Gasteiger partial charge is 0.0780 e. The van der Waals surface area contributed by atoms with Crippen LogP contribution in [0.2, 0.25) is 0 Å². The average Bonchev–Trinajstić information content (AvgIpc) is 2.30. The van der Waals surface area contributed by atoms with Gasteiger partial charge in [-0.15, -0.1) is 0 Å². The van der Waals surface area contributed by atoms with Crippen LogP contribution in [0.4, 0.5) is 0 Å². The van der Waals surface area contributed by atoms with Crippen LogP contribution in [0.5, 0.6) is 0 Å². The van der Waals surface area contributed by atoms with Gasteiger partial charge >= 0.3 is 0 Å². The molecule has 15 heavy (non-hydrogen) atoms. The normalized spacial score (nSPS) is 11.0. The van der Waals surface area contributed by atoms with Crippen molar-refractivity contribution in [1.29, 1.82) is 0 Å². The Kier molecular flexibility index (Phi) is 1.72. The van der Waals surface area contributed by atoms with E-state index >= 15 is 0 Å². The molecule has 3 aromatic rings. The first kappa shape index (κ1) is 8.42. The number of aryl methyl sites for hydroxylation is 1. The van der Waals surface area contributed by atoms with Crippen molar-refractivity contribution in [3.05, 3.63) is 54.2 Å². The summed E-state index contributed by atoms with van der Waals surface area (Å²) in [5.74, 6) is 0. The number of hydrogen-bond acceptors (Lipinski definition) is 1. The minimum atomic E-state index is 1.10. The summed E-state index contributed by atoms with van der Waals surface area (Å²) in [5.41, 5.74) is 2.41. The highest BCUT2D eigenvalue weighted by Crippen LogP contribution is 2.26. The van der Waals surface area contributed by atoms with E-state index in [0.29, 0.717) is 0 Å². The number of nitrogens with zero attached hydrogens (tertiary/aromatic N) is 1. The van der Waals surface area contributed by atoms with Crippen molar-refractivity contribution in [2.45, 2.75) is 6.92 Å². The fourth-order valence-electron chi connectivity index (χ4n) is 2.10. The van der Waals surface area contributed by atoms with E-state index in [1.807, 2.05) is 12.3 Å². The molecule has 0 aliphatic rings. The van der Waals surface area contributed by atoms with Crippen LogP contribution in [-0.4, -0.2) is 4.98 Å². The molecule has 0 amide bonds. The molecule has 0 aliphatic carbocycles. The summed E-state index contributed by atoms with van der Waals surface area (Å²) in [6.07, 6.45) is 1.85. The molecule has 0 fully saturated rings. The third-order valence-corrected chi connectivity index (χ3v) is 2.82. The van der Waals surface area contributed by atoms with Gasteiger partial charge in [0.25, 0.3) is 0 Å². The largest absolute Gasteiger partial charge is 0.256 e. The molecule has 0 N–H and O–H groups in total. The Bertz CT molecular complexity index is 641. The monoisotopic (exact) mass is 193 g/mol. The van der Waals surface area contributed by atoms with Crippen molar-refractivity contribution in [3.8, 4) is 0 Å². The fraction of sp³-hybridized carbons (Fsp3) is 0.0714. The first-order chi connectivity index (χ1) is 7.36. The van der Waals surface area contributed by atoms with Gasteiger partial charge in [0, 0.05) is 17.0 Å². The van der Waals surface area contributed by atoms with Gasteiger partial charge in [0.15, 0.2) is 0 Å². The number of benzene rings is 2. The molecule has 0 aliphatic heterocycles. The van der Waals surface area contributed by atoms with Crippen LogP contribution >= 0.6 is 0 Å². The average molecular weight is 193 g/mol. The van der Waals surface area contributed by atoms with Crippen molar-refractivity contribution >= 4 is 21.7 Å². The molecule has 0 bridgehead atoms. The van der Waals surface area contributed by atoms with Crippen molar-refractivity contribution in [3.63, 3.8) is 0 Å². The zero-order valence-electron chi connectivity index (χ0n) is 8.57. The second kappa shape index (κ2) is 3.06. The van der Waals surface area contributed by atoms with E-state index in [1.165, 1.54) is 21.7 Å². The van der Waals surface area contributed by atoms with E-state index < -0.39 is 0 Å². The van der Waals surface area contributed by atoms with Crippen LogP contribution in [0.15, 0.2) is 48.7 Å². The fourth-order valence-corrected chi connectivity index (χ4v) is 2.10. The Hall–Kier alpha value is -1.89. The van der Waals surface area contributed by atoms with E-state index in [1.54, 1.807) is 0 Å². The molecule has 1 aromatic heterocycles. The van der Waals surface area contributed by atoms with Gasteiger partial charge in [-0.3, -0.25) is 4.98 Å². The number of rotatable bonds is 0. The highest BCUT2D eigenvalue weighted by atomic mass is 14.6. The van der Waals surface area contributed by atoms with Gasteiger partial charge in [0.2, 0.25) is 0 Å². The molecule has 1 heterocycles. The summed E-state index contributed by atoms with van der Waals surface area (Å²) in [7, 11) is 0. The first-order valence-electron chi connectivity index (χ1n) is 5.09. The summed E-state index contributed by atoms with van der Waals surface area (Å²) in [5, 5.41) is 3.76. The third kappa shape index (κ3) is 1.20. The Morgan fingerprint density at radius 2 is 1.73 bits per heavy atom. The number of aromatic nitrogens is 1. The second-order valence-electron chi connectivity index (χ2n) is 3.81. The van der Waals surface area contributed by atoms with E-state index in [2.05, 4.69) is 48.3 Å². The summed E-state index contributed by atoms with van der Waals surface area (Å²) in [4.78, 5) is 4.45. The zero-order chi connectivity index (χ0) is 10.3. The highest BCUT2D eigenvalue weighted by molar-refractivity contribution is 6.06. The van der Waals surface area contributed by atoms with E-state index in [4.69, 9.17) is 0 Å². The van der Waals surface area contributed by atoms with Gasteiger partial charge in [0.1, 0.15) is 0 Å². The Morgan fingerprint density at radius 3 is 2.60 bits per heavy atom. The molecule has 0 spiro atoms. The molecule has 2 aromatic carbocycles. The summed E-state index contributed by atoms with van der Waals surface area (Å²) in [6.45, 7) is 2.15. The van der Waals surface area contributed by atoms with Crippen LogP contribution in [0.1, 0.15) is 5.56 Å². The molecular weight excluding hydrogens is 182 g/mol. The third-order valence-electron chi connectivity index (χ3n) is 2.82. The van der Waals surface area contributed by atoms with Crippen LogP contribution in [-0.2, 0) is 0 Å².